The monoisotopic (exact) mass is 641 g/mol. The van der Waals surface area contributed by atoms with Gasteiger partial charge in [0.05, 0.1) is 17.1 Å². The SMILES string of the molecule is C1=CC2c3ccccc3N(c3ccc(-c4nc(-c5ccccc5)nc(-c5ccc(-n6c7ccccc7c7ccccc76)cc5)n4)cc3)C2C=C1. The summed E-state index contributed by atoms with van der Waals surface area (Å²) in [5, 5.41) is 2.49. The van der Waals surface area contributed by atoms with Crippen molar-refractivity contribution in [2.24, 2.45) is 0 Å². The van der Waals surface area contributed by atoms with Crippen LogP contribution in [0.3, 0.4) is 0 Å². The highest BCUT2D eigenvalue weighted by molar-refractivity contribution is 6.09. The van der Waals surface area contributed by atoms with Crippen LogP contribution in [0.15, 0.2) is 176 Å². The van der Waals surface area contributed by atoms with Crippen molar-refractivity contribution in [2.75, 3.05) is 4.90 Å². The number of rotatable bonds is 5. The van der Waals surface area contributed by atoms with Crippen molar-refractivity contribution >= 4 is 33.2 Å². The lowest BCUT2D eigenvalue weighted by molar-refractivity contribution is 0.745. The average Bonchev–Trinajstić information content (AvgIpc) is 3.71. The molecule has 50 heavy (non-hydrogen) atoms. The first kappa shape index (κ1) is 28.4. The molecule has 5 heteroatoms. The molecule has 0 spiro atoms. The van der Waals surface area contributed by atoms with Crippen molar-refractivity contribution in [1.29, 1.82) is 0 Å². The molecule has 0 amide bonds. The Morgan fingerprint density at radius 3 is 1.56 bits per heavy atom. The lowest BCUT2D eigenvalue weighted by Crippen LogP contribution is -2.28. The van der Waals surface area contributed by atoms with E-state index in [4.69, 9.17) is 15.0 Å². The Kier molecular flexibility index (Phi) is 6.56. The van der Waals surface area contributed by atoms with Gasteiger partial charge in [0.2, 0.25) is 0 Å². The normalized spacial score (nSPS) is 16.2. The largest absolute Gasteiger partial charge is 0.333 e. The van der Waals surface area contributed by atoms with Crippen LogP contribution < -0.4 is 4.90 Å². The zero-order chi connectivity index (χ0) is 33.0. The molecular weight excluding hydrogens is 611 g/mol. The molecule has 0 radical (unpaired) electrons. The molecule has 1 aliphatic heterocycles. The Balaban J connectivity index is 1.04. The predicted molar refractivity (Wildman–Crippen MR) is 204 cm³/mol. The van der Waals surface area contributed by atoms with E-state index < -0.39 is 0 Å². The fourth-order valence-electron chi connectivity index (χ4n) is 7.67. The van der Waals surface area contributed by atoms with Crippen molar-refractivity contribution in [3.8, 4) is 39.9 Å². The zero-order valence-corrected chi connectivity index (χ0v) is 27.1. The Morgan fingerprint density at radius 1 is 0.420 bits per heavy atom. The van der Waals surface area contributed by atoms with Crippen LogP contribution in [0.5, 0.6) is 0 Å². The Morgan fingerprint density at radius 2 is 0.920 bits per heavy atom. The van der Waals surface area contributed by atoms with Crippen molar-refractivity contribution in [1.82, 2.24) is 19.5 Å². The second kappa shape index (κ2) is 11.5. The van der Waals surface area contributed by atoms with E-state index in [1.54, 1.807) is 0 Å². The number of nitrogens with zero attached hydrogens (tertiary/aromatic N) is 5. The summed E-state index contributed by atoms with van der Waals surface area (Å²) in [5.41, 5.74) is 10.0. The molecule has 10 rings (SSSR count). The van der Waals surface area contributed by atoms with Gasteiger partial charge in [0, 0.05) is 50.4 Å². The lowest BCUT2D eigenvalue weighted by atomic mass is 9.91. The second-order valence-corrected chi connectivity index (χ2v) is 12.9. The van der Waals surface area contributed by atoms with Crippen LogP contribution in [0.2, 0.25) is 0 Å². The smallest absolute Gasteiger partial charge is 0.164 e. The standard InChI is InChI=1S/C45H31N5/c1-2-12-30(13-3-1)43-46-44(31-22-26-33(27-23-31)49-39-18-8-4-14-35(39)36-15-5-9-19-40(36)49)48-45(47-43)32-24-28-34(29-25-32)50-41-20-10-6-16-37(41)38-17-7-11-21-42(38)50/h1-29,35,39H. The summed E-state index contributed by atoms with van der Waals surface area (Å²) < 4.78 is 2.32. The predicted octanol–water partition coefficient (Wildman–Crippen LogP) is 10.7. The Bertz CT molecular complexity index is 2550. The molecule has 8 aromatic rings. The summed E-state index contributed by atoms with van der Waals surface area (Å²) >= 11 is 0. The average molecular weight is 642 g/mol. The third kappa shape index (κ3) is 4.59. The highest BCUT2D eigenvalue weighted by Crippen LogP contribution is 2.47. The van der Waals surface area contributed by atoms with Crippen molar-refractivity contribution in [3.63, 3.8) is 0 Å². The quantitative estimate of drug-likeness (QED) is 0.188. The van der Waals surface area contributed by atoms with Gasteiger partial charge in [-0.15, -0.1) is 0 Å². The molecule has 1 aliphatic carbocycles. The van der Waals surface area contributed by atoms with E-state index in [0.717, 1.165) is 28.1 Å². The van der Waals surface area contributed by atoms with Gasteiger partial charge in [0.25, 0.3) is 0 Å². The number of para-hydroxylation sites is 3. The van der Waals surface area contributed by atoms with Gasteiger partial charge in [-0.3, -0.25) is 0 Å². The minimum absolute atomic E-state index is 0.252. The van der Waals surface area contributed by atoms with Gasteiger partial charge in [0.15, 0.2) is 17.5 Å². The molecule has 0 bridgehead atoms. The molecule has 0 fully saturated rings. The van der Waals surface area contributed by atoms with Gasteiger partial charge in [-0.1, -0.05) is 109 Å². The minimum atomic E-state index is 0.252. The molecule has 3 heterocycles. The highest BCUT2D eigenvalue weighted by atomic mass is 15.2. The fraction of sp³-hybridized carbons (Fsp3) is 0.0444. The van der Waals surface area contributed by atoms with Gasteiger partial charge in [-0.25, -0.2) is 15.0 Å². The van der Waals surface area contributed by atoms with Crippen LogP contribution in [0.1, 0.15) is 11.5 Å². The zero-order valence-electron chi connectivity index (χ0n) is 27.1. The van der Waals surface area contributed by atoms with Crippen LogP contribution in [0.4, 0.5) is 11.4 Å². The van der Waals surface area contributed by atoms with E-state index in [0.29, 0.717) is 23.4 Å². The molecule has 2 atom stereocenters. The van der Waals surface area contributed by atoms with Gasteiger partial charge in [-0.05, 0) is 72.3 Å². The van der Waals surface area contributed by atoms with E-state index in [2.05, 4.69) is 155 Å². The summed E-state index contributed by atoms with van der Waals surface area (Å²) in [7, 11) is 0. The molecule has 5 nitrogen and oxygen atoms in total. The minimum Gasteiger partial charge on any atom is -0.333 e. The first-order chi connectivity index (χ1) is 24.8. The molecule has 2 aliphatic rings. The van der Waals surface area contributed by atoms with E-state index >= 15 is 0 Å². The van der Waals surface area contributed by atoms with Crippen molar-refractivity contribution in [3.05, 3.63) is 182 Å². The Labute approximate surface area is 290 Å². The summed E-state index contributed by atoms with van der Waals surface area (Å²) in [6, 6.07) is 53.5. The first-order valence-electron chi connectivity index (χ1n) is 17.0. The third-order valence-corrected chi connectivity index (χ3v) is 9.99. The molecule has 2 aromatic heterocycles. The number of hydrogen-bond acceptors (Lipinski definition) is 4. The number of allylic oxidation sites excluding steroid dienone is 2. The van der Waals surface area contributed by atoms with Crippen LogP contribution in [0, 0.1) is 0 Å². The van der Waals surface area contributed by atoms with E-state index in [1.807, 2.05) is 30.3 Å². The molecule has 6 aromatic carbocycles. The van der Waals surface area contributed by atoms with Crippen LogP contribution >= 0.6 is 0 Å². The van der Waals surface area contributed by atoms with Crippen molar-refractivity contribution < 1.29 is 0 Å². The summed E-state index contributed by atoms with van der Waals surface area (Å²) in [5.74, 6) is 2.28. The van der Waals surface area contributed by atoms with Crippen LogP contribution in [-0.2, 0) is 0 Å². The summed E-state index contributed by atoms with van der Waals surface area (Å²) in [6.45, 7) is 0. The molecule has 236 valence electrons. The molecule has 0 saturated heterocycles. The topological polar surface area (TPSA) is 46.8 Å². The maximum absolute atomic E-state index is 5.06. The van der Waals surface area contributed by atoms with E-state index in [1.165, 1.54) is 33.1 Å². The number of aromatic nitrogens is 4. The lowest BCUT2D eigenvalue weighted by Gasteiger charge is -2.28. The fourth-order valence-corrected chi connectivity index (χ4v) is 7.67. The van der Waals surface area contributed by atoms with Gasteiger partial charge >= 0.3 is 0 Å². The first-order valence-corrected chi connectivity index (χ1v) is 17.0. The highest BCUT2D eigenvalue weighted by Gasteiger charge is 2.36. The van der Waals surface area contributed by atoms with Crippen LogP contribution in [-0.4, -0.2) is 25.6 Å². The van der Waals surface area contributed by atoms with E-state index in [9.17, 15) is 0 Å². The van der Waals surface area contributed by atoms with Crippen LogP contribution in [0.25, 0.3) is 61.7 Å². The number of fused-ring (bicyclic) bond motifs is 6. The summed E-state index contributed by atoms with van der Waals surface area (Å²) in [6.07, 6.45) is 8.92. The maximum Gasteiger partial charge on any atom is 0.164 e. The maximum atomic E-state index is 5.06. The van der Waals surface area contributed by atoms with Crippen molar-refractivity contribution in [2.45, 2.75) is 12.0 Å². The summed E-state index contributed by atoms with van der Waals surface area (Å²) in [4.78, 5) is 17.5. The number of hydrogen-bond donors (Lipinski definition) is 0. The van der Waals surface area contributed by atoms with Gasteiger partial charge < -0.3 is 9.47 Å². The second-order valence-electron chi connectivity index (χ2n) is 12.9. The third-order valence-electron chi connectivity index (χ3n) is 9.99. The molecule has 2 unspecified atom stereocenters. The van der Waals surface area contributed by atoms with Gasteiger partial charge in [0.1, 0.15) is 0 Å². The van der Waals surface area contributed by atoms with Gasteiger partial charge in [-0.2, -0.15) is 0 Å². The molecular formula is C45H31N5. The number of anilines is 2. The molecule has 0 saturated carbocycles. The van der Waals surface area contributed by atoms with E-state index in [-0.39, 0.29) is 6.04 Å². The molecule has 0 N–H and O–H groups in total. The number of benzene rings is 6. The Hall–Kier alpha value is -6.59.